The van der Waals surface area contributed by atoms with Crippen molar-refractivity contribution in [3.63, 3.8) is 0 Å². The number of carbonyl (C=O) groups excluding carboxylic acids is 1. The van der Waals surface area contributed by atoms with Crippen LogP contribution in [0.2, 0.25) is 5.02 Å². The average Bonchev–Trinajstić information content (AvgIpc) is 2.46. The van der Waals surface area contributed by atoms with Crippen molar-refractivity contribution >= 4 is 23.2 Å². The summed E-state index contributed by atoms with van der Waals surface area (Å²) in [6.07, 6.45) is 0.657. The molecular formula is C17H17ClN2O3. The van der Waals surface area contributed by atoms with E-state index in [1.165, 1.54) is 18.2 Å². The highest BCUT2D eigenvalue weighted by Crippen LogP contribution is 2.23. The number of nitro benzene ring substituents is 1. The van der Waals surface area contributed by atoms with E-state index in [0.717, 1.165) is 5.56 Å². The topological polar surface area (TPSA) is 72.2 Å². The molecule has 2 aromatic carbocycles. The van der Waals surface area contributed by atoms with Gasteiger partial charge in [-0.05, 0) is 31.9 Å². The Balaban J connectivity index is 2.13. The molecule has 120 valence electrons. The van der Waals surface area contributed by atoms with Crippen LogP contribution >= 0.6 is 11.6 Å². The van der Waals surface area contributed by atoms with E-state index in [2.05, 4.69) is 5.32 Å². The number of hydrogen-bond donors (Lipinski definition) is 1. The summed E-state index contributed by atoms with van der Waals surface area (Å²) >= 11 is 5.99. The number of non-ortho nitro benzene ring substituents is 1. The molecule has 0 aliphatic carbocycles. The van der Waals surface area contributed by atoms with Crippen molar-refractivity contribution in [2.24, 2.45) is 0 Å². The number of nitrogens with one attached hydrogen (secondary N) is 1. The van der Waals surface area contributed by atoms with E-state index in [9.17, 15) is 14.9 Å². The zero-order valence-corrected chi connectivity index (χ0v) is 13.6. The molecule has 1 N–H and O–H groups in total. The molecule has 0 bridgehead atoms. The second kappa shape index (κ2) is 6.79. The summed E-state index contributed by atoms with van der Waals surface area (Å²) in [5.41, 5.74) is 0.699. The molecule has 0 spiro atoms. The summed E-state index contributed by atoms with van der Waals surface area (Å²) in [5, 5.41) is 13.7. The second-order valence-corrected chi connectivity index (χ2v) is 6.33. The number of benzene rings is 2. The van der Waals surface area contributed by atoms with Crippen LogP contribution < -0.4 is 5.32 Å². The van der Waals surface area contributed by atoms with Crippen molar-refractivity contribution in [3.05, 3.63) is 74.8 Å². The Hall–Kier alpha value is -2.40. The predicted molar refractivity (Wildman–Crippen MR) is 89.8 cm³/mol. The van der Waals surface area contributed by atoms with Gasteiger partial charge in [0.1, 0.15) is 0 Å². The highest BCUT2D eigenvalue weighted by Gasteiger charge is 2.23. The van der Waals surface area contributed by atoms with E-state index in [4.69, 9.17) is 11.6 Å². The van der Waals surface area contributed by atoms with Gasteiger partial charge >= 0.3 is 0 Å². The lowest BCUT2D eigenvalue weighted by Gasteiger charge is -2.26. The summed E-state index contributed by atoms with van der Waals surface area (Å²) in [4.78, 5) is 22.6. The highest BCUT2D eigenvalue weighted by atomic mass is 35.5. The Morgan fingerprint density at radius 2 is 1.87 bits per heavy atom. The Morgan fingerprint density at radius 3 is 2.43 bits per heavy atom. The largest absolute Gasteiger partial charge is 0.347 e. The molecule has 0 radical (unpaired) electrons. The van der Waals surface area contributed by atoms with Crippen molar-refractivity contribution in [2.45, 2.75) is 25.8 Å². The lowest BCUT2D eigenvalue weighted by molar-refractivity contribution is -0.384. The Bertz CT molecular complexity index is 730. The van der Waals surface area contributed by atoms with E-state index in [0.29, 0.717) is 6.42 Å². The average molecular weight is 333 g/mol. The highest BCUT2D eigenvalue weighted by molar-refractivity contribution is 6.34. The fourth-order valence-corrected chi connectivity index (χ4v) is 2.59. The molecule has 2 aromatic rings. The zero-order valence-electron chi connectivity index (χ0n) is 12.9. The lowest BCUT2D eigenvalue weighted by atomic mass is 9.94. The van der Waals surface area contributed by atoms with E-state index in [-0.39, 0.29) is 22.2 Å². The van der Waals surface area contributed by atoms with Gasteiger partial charge in [0.15, 0.2) is 0 Å². The molecule has 0 aliphatic heterocycles. The van der Waals surface area contributed by atoms with Crippen LogP contribution in [-0.2, 0) is 6.42 Å². The van der Waals surface area contributed by atoms with Crippen LogP contribution in [0.25, 0.3) is 0 Å². The first kappa shape index (κ1) is 17.0. The lowest BCUT2D eigenvalue weighted by Crippen LogP contribution is -2.45. The van der Waals surface area contributed by atoms with Crippen molar-refractivity contribution in [1.82, 2.24) is 5.32 Å². The number of carbonyl (C=O) groups is 1. The third-order valence-electron chi connectivity index (χ3n) is 3.35. The molecule has 23 heavy (non-hydrogen) atoms. The van der Waals surface area contributed by atoms with Gasteiger partial charge in [-0.2, -0.15) is 0 Å². The van der Waals surface area contributed by atoms with E-state index < -0.39 is 10.5 Å². The molecule has 6 heteroatoms. The molecular weight excluding hydrogens is 316 g/mol. The maximum atomic E-state index is 12.4. The van der Waals surface area contributed by atoms with Crippen LogP contribution in [0.1, 0.15) is 29.8 Å². The summed E-state index contributed by atoms with van der Waals surface area (Å²) in [6.45, 7) is 3.83. The number of amides is 1. The Kier molecular flexibility index (Phi) is 5.01. The first-order valence-electron chi connectivity index (χ1n) is 7.09. The standard InChI is InChI=1S/C17H17ClN2O3/c1-17(2,11-12-6-4-3-5-7-12)19-16(21)14-9-8-13(20(22)23)10-15(14)18/h3-10H,11H2,1-2H3,(H,19,21). The van der Waals surface area contributed by atoms with Crippen LogP contribution in [0.3, 0.4) is 0 Å². The van der Waals surface area contributed by atoms with E-state index in [1.54, 1.807) is 0 Å². The van der Waals surface area contributed by atoms with Crippen molar-refractivity contribution in [2.75, 3.05) is 0 Å². The third-order valence-corrected chi connectivity index (χ3v) is 3.66. The molecule has 1 amide bonds. The molecule has 2 rings (SSSR count). The minimum absolute atomic E-state index is 0.0622. The van der Waals surface area contributed by atoms with Gasteiger partial charge in [0.25, 0.3) is 11.6 Å². The fourth-order valence-electron chi connectivity index (χ4n) is 2.33. The Morgan fingerprint density at radius 1 is 1.22 bits per heavy atom. The summed E-state index contributed by atoms with van der Waals surface area (Å²) in [5.74, 6) is -0.356. The summed E-state index contributed by atoms with van der Waals surface area (Å²) < 4.78 is 0. The Labute approximate surface area is 139 Å². The van der Waals surface area contributed by atoms with Crippen molar-refractivity contribution < 1.29 is 9.72 Å². The van der Waals surface area contributed by atoms with Gasteiger partial charge in [-0.15, -0.1) is 0 Å². The number of nitro groups is 1. The maximum absolute atomic E-state index is 12.4. The molecule has 0 unspecified atom stereocenters. The van der Waals surface area contributed by atoms with Gasteiger partial charge in [0.05, 0.1) is 15.5 Å². The molecule has 0 saturated carbocycles. The summed E-state index contributed by atoms with van der Waals surface area (Å²) in [7, 11) is 0. The SMILES string of the molecule is CC(C)(Cc1ccccc1)NC(=O)c1ccc([N+](=O)[O-])cc1Cl. The van der Waals surface area contributed by atoms with Gasteiger partial charge in [-0.1, -0.05) is 41.9 Å². The van der Waals surface area contributed by atoms with Crippen LogP contribution in [0.5, 0.6) is 0 Å². The zero-order chi connectivity index (χ0) is 17.0. The molecule has 0 saturated heterocycles. The molecule has 5 nitrogen and oxygen atoms in total. The molecule has 0 fully saturated rings. The van der Waals surface area contributed by atoms with Crippen LogP contribution in [0, 0.1) is 10.1 Å². The number of nitrogens with zero attached hydrogens (tertiary/aromatic N) is 1. The molecule has 0 atom stereocenters. The predicted octanol–water partition coefficient (Wildman–Crippen LogP) is 4.00. The smallest absolute Gasteiger partial charge is 0.270 e. The minimum Gasteiger partial charge on any atom is -0.347 e. The monoisotopic (exact) mass is 332 g/mol. The van der Waals surface area contributed by atoms with Gasteiger partial charge in [-0.25, -0.2) is 0 Å². The van der Waals surface area contributed by atoms with Gasteiger partial charge in [-0.3, -0.25) is 14.9 Å². The molecule has 0 aromatic heterocycles. The molecule has 0 aliphatic rings. The number of halogens is 1. The number of hydrogen-bond acceptors (Lipinski definition) is 3. The van der Waals surface area contributed by atoms with Crippen LogP contribution in [-0.4, -0.2) is 16.4 Å². The fraction of sp³-hybridized carbons (Fsp3) is 0.235. The van der Waals surface area contributed by atoms with Gasteiger partial charge < -0.3 is 5.32 Å². The quantitative estimate of drug-likeness (QED) is 0.664. The van der Waals surface area contributed by atoms with Gasteiger partial charge in [0.2, 0.25) is 0 Å². The summed E-state index contributed by atoms with van der Waals surface area (Å²) in [6, 6.07) is 13.6. The number of rotatable bonds is 5. The minimum atomic E-state index is -0.549. The molecule has 0 heterocycles. The first-order valence-corrected chi connectivity index (χ1v) is 7.47. The van der Waals surface area contributed by atoms with Crippen molar-refractivity contribution in [3.8, 4) is 0 Å². The van der Waals surface area contributed by atoms with Crippen LogP contribution in [0.15, 0.2) is 48.5 Å². The first-order chi connectivity index (χ1) is 10.8. The second-order valence-electron chi connectivity index (χ2n) is 5.92. The normalized spacial score (nSPS) is 11.1. The maximum Gasteiger partial charge on any atom is 0.270 e. The van der Waals surface area contributed by atoms with Crippen molar-refractivity contribution in [1.29, 1.82) is 0 Å². The third kappa shape index (κ3) is 4.53. The van der Waals surface area contributed by atoms with E-state index >= 15 is 0 Å². The van der Waals surface area contributed by atoms with Crippen LogP contribution in [0.4, 0.5) is 5.69 Å². The van der Waals surface area contributed by atoms with Gasteiger partial charge in [0, 0.05) is 17.7 Å². The van der Waals surface area contributed by atoms with E-state index in [1.807, 2.05) is 44.2 Å².